The number of carbonyl (C=O) groups excluding carboxylic acids is 2. The molecule has 1 N–H and O–H groups in total. The van der Waals surface area contributed by atoms with E-state index in [0.717, 1.165) is 21.2 Å². The summed E-state index contributed by atoms with van der Waals surface area (Å²) >= 11 is 12.1. The molecule has 1 aliphatic heterocycles. The molecule has 0 saturated carbocycles. The van der Waals surface area contributed by atoms with Crippen LogP contribution in [0, 0.1) is 6.92 Å². The molecule has 2 heterocycles. The van der Waals surface area contributed by atoms with Crippen molar-refractivity contribution in [2.24, 2.45) is 0 Å². The van der Waals surface area contributed by atoms with Gasteiger partial charge in [0.1, 0.15) is 18.1 Å². The van der Waals surface area contributed by atoms with E-state index in [0.29, 0.717) is 38.6 Å². The quantitative estimate of drug-likeness (QED) is 0.0536. The van der Waals surface area contributed by atoms with Gasteiger partial charge in [-0.15, -0.1) is 10.2 Å². The highest BCUT2D eigenvalue weighted by molar-refractivity contribution is 9.10. The molecule has 0 aliphatic carbocycles. The molecular weight excluding hydrogens is 694 g/mol. The van der Waals surface area contributed by atoms with E-state index in [1.54, 1.807) is 36.4 Å². The second kappa shape index (κ2) is 13.6. The molecule has 11 heteroatoms. The highest BCUT2D eigenvalue weighted by atomic mass is 79.9. The van der Waals surface area contributed by atoms with Gasteiger partial charge in [-0.2, -0.15) is 0 Å². The Bertz CT molecular complexity index is 1890. The second-order valence-corrected chi connectivity index (χ2v) is 13.8. The van der Waals surface area contributed by atoms with E-state index in [9.17, 15) is 14.7 Å². The number of anilines is 1. The number of hydrogen-bond donors (Lipinski definition) is 1. The predicted octanol–water partition coefficient (Wildman–Crippen LogP) is 8.76. The number of Topliss-reactive ketones (excluding diaryl/α,β-unsaturated/α-hetero) is 1. The number of carbonyl (C=O) groups is 2. The minimum Gasteiger partial charge on any atom is -0.507 e. The number of hydrogen-bond acceptors (Lipinski definition) is 8. The molecular formula is C34H25BrClN3O4S2. The van der Waals surface area contributed by atoms with Gasteiger partial charge in [0.15, 0.2) is 4.34 Å². The van der Waals surface area contributed by atoms with Gasteiger partial charge in [0, 0.05) is 20.8 Å². The minimum atomic E-state index is -0.905. The lowest BCUT2D eigenvalue weighted by Crippen LogP contribution is -2.29. The maximum absolute atomic E-state index is 13.6. The third-order valence-corrected chi connectivity index (χ3v) is 10.2. The Balaban J connectivity index is 1.29. The van der Waals surface area contributed by atoms with Crippen LogP contribution in [0.15, 0.2) is 111 Å². The fourth-order valence-electron chi connectivity index (χ4n) is 4.87. The van der Waals surface area contributed by atoms with E-state index in [2.05, 4.69) is 26.1 Å². The van der Waals surface area contributed by atoms with Gasteiger partial charge in [0.25, 0.3) is 5.78 Å². The van der Waals surface area contributed by atoms with Gasteiger partial charge in [0.2, 0.25) is 5.13 Å². The zero-order chi connectivity index (χ0) is 31.5. The number of aliphatic hydroxyl groups is 1. The first-order valence-electron chi connectivity index (χ1n) is 13.8. The molecule has 0 radical (unpaired) electrons. The number of rotatable bonds is 9. The van der Waals surface area contributed by atoms with Crippen molar-refractivity contribution < 1.29 is 19.4 Å². The number of halogens is 2. The summed E-state index contributed by atoms with van der Waals surface area (Å²) in [5.41, 5.74) is 4.26. The van der Waals surface area contributed by atoms with Crippen molar-refractivity contribution in [3.63, 3.8) is 0 Å². The molecule has 5 aromatic rings. The number of thioether (sulfide) groups is 1. The molecule has 1 fully saturated rings. The maximum Gasteiger partial charge on any atom is 0.301 e. The summed E-state index contributed by atoms with van der Waals surface area (Å²) < 4.78 is 7.42. The summed E-state index contributed by atoms with van der Waals surface area (Å²) in [4.78, 5) is 28.4. The van der Waals surface area contributed by atoms with Gasteiger partial charge in [0.05, 0.1) is 11.6 Å². The number of ether oxygens (including phenoxy) is 1. The van der Waals surface area contributed by atoms with Gasteiger partial charge >= 0.3 is 5.91 Å². The van der Waals surface area contributed by atoms with Crippen LogP contribution in [-0.4, -0.2) is 27.0 Å². The first-order chi connectivity index (χ1) is 21.8. The average Bonchev–Trinajstić information content (AvgIpc) is 3.62. The lowest BCUT2D eigenvalue weighted by molar-refractivity contribution is -0.132. The number of aliphatic hydroxyl groups excluding tert-OH is 1. The number of amides is 1. The van der Waals surface area contributed by atoms with Crippen LogP contribution in [0.3, 0.4) is 0 Å². The number of ketones is 1. The second-order valence-electron chi connectivity index (χ2n) is 10.2. The molecule has 1 saturated heterocycles. The Morgan fingerprint density at radius 3 is 2.40 bits per heavy atom. The summed E-state index contributed by atoms with van der Waals surface area (Å²) in [5, 5.41) is 21.0. The van der Waals surface area contributed by atoms with Crippen molar-refractivity contribution in [3.05, 3.63) is 140 Å². The first kappa shape index (κ1) is 31.0. The fourth-order valence-corrected chi connectivity index (χ4v) is 7.09. The lowest BCUT2D eigenvalue weighted by atomic mass is 9.95. The summed E-state index contributed by atoms with van der Waals surface area (Å²) in [6, 6.07) is 28.7. The molecule has 7 nitrogen and oxygen atoms in total. The summed E-state index contributed by atoms with van der Waals surface area (Å²) in [5.74, 6) is -0.627. The van der Waals surface area contributed by atoms with E-state index in [-0.39, 0.29) is 16.5 Å². The topological polar surface area (TPSA) is 92.6 Å². The zero-order valence-electron chi connectivity index (χ0n) is 23.8. The van der Waals surface area contributed by atoms with Crippen molar-refractivity contribution in [1.29, 1.82) is 0 Å². The molecule has 4 aromatic carbocycles. The monoisotopic (exact) mass is 717 g/mol. The number of aryl methyl sites for hydroxylation is 1. The van der Waals surface area contributed by atoms with Crippen LogP contribution in [0.2, 0.25) is 5.02 Å². The van der Waals surface area contributed by atoms with E-state index in [4.69, 9.17) is 16.3 Å². The van der Waals surface area contributed by atoms with Crippen molar-refractivity contribution in [2.45, 2.75) is 29.7 Å². The Morgan fingerprint density at radius 2 is 1.69 bits per heavy atom. The minimum absolute atomic E-state index is 0.0264. The Hall–Kier alpha value is -3.96. The highest BCUT2D eigenvalue weighted by Gasteiger charge is 2.48. The lowest BCUT2D eigenvalue weighted by Gasteiger charge is -2.22. The van der Waals surface area contributed by atoms with E-state index < -0.39 is 17.7 Å². The summed E-state index contributed by atoms with van der Waals surface area (Å²) in [6.45, 7) is 2.42. The van der Waals surface area contributed by atoms with E-state index in [1.807, 2.05) is 67.6 Å². The van der Waals surface area contributed by atoms with Gasteiger partial charge in [-0.05, 0) is 77.7 Å². The molecule has 1 aliphatic rings. The van der Waals surface area contributed by atoms with E-state index in [1.165, 1.54) is 28.0 Å². The SMILES string of the molecule is Cc1ccccc1COc1ccc(/C(O)=C2\C(=O)C(=O)N(c3nnc(SCc4ccc(Cl)cc4)s3)C2c2ccc(Br)cc2)cc1. The van der Waals surface area contributed by atoms with Crippen LogP contribution in [0.25, 0.3) is 5.76 Å². The molecule has 1 amide bonds. The molecule has 1 aromatic heterocycles. The van der Waals surface area contributed by atoms with Crippen LogP contribution < -0.4 is 9.64 Å². The smallest absolute Gasteiger partial charge is 0.301 e. The fraction of sp³-hybridized carbons (Fsp3) is 0.118. The number of aromatic nitrogens is 2. The standard InChI is InChI=1S/C34H25BrClN3O4S2/c1-20-4-2-3-5-24(20)18-43-27-16-10-23(11-17-27)30(40)28-29(22-8-12-25(35)13-9-22)39(32(42)31(28)41)33-37-38-34(45-33)44-19-21-6-14-26(36)15-7-21/h2-17,29,40H,18-19H2,1H3/b30-28+. The summed E-state index contributed by atoms with van der Waals surface area (Å²) in [6.07, 6.45) is 0. The normalized spacial score (nSPS) is 15.9. The van der Waals surface area contributed by atoms with Crippen molar-refractivity contribution in [1.82, 2.24) is 10.2 Å². The zero-order valence-corrected chi connectivity index (χ0v) is 27.8. The predicted molar refractivity (Wildman–Crippen MR) is 182 cm³/mol. The molecule has 1 unspecified atom stereocenters. The Labute approximate surface area is 281 Å². The van der Waals surface area contributed by atoms with Gasteiger partial charge in [-0.25, -0.2) is 0 Å². The molecule has 0 bridgehead atoms. The third kappa shape index (κ3) is 6.84. The molecule has 6 rings (SSSR count). The van der Waals surface area contributed by atoms with Crippen LogP contribution in [0.1, 0.15) is 33.9 Å². The number of benzene rings is 4. The van der Waals surface area contributed by atoms with E-state index >= 15 is 0 Å². The van der Waals surface area contributed by atoms with Crippen LogP contribution >= 0.6 is 50.6 Å². The largest absolute Gasteiger partial charge is 0.507 e. The Kier molecular flexibility index (Phi) is 9.37. The highest BCUT2D eigenvalue weighted by Crippen LogP contribution is 2.44. The summed E-state index contributed by atoms with van der Waals surface area (Å²) in [7, 11) is 0. The molecule has 226 valence electrons. The van der Waals surface area contributed by atoms with Crippen molar-refractivity contribution in [3.8, 4) is 5.75 Å². The van der Waals surface area contributed by atoms with Crippen LogP contribution in [0.4, 0.5) is 5.13 Å². The molecule has 45 heavy (non-hydrogen) atoms. The van der Waals surface area contributed by atoms with Gasteiger partial charge < -0.3 is 9.84 Å². The Morgan fingerprint density at radius 1 is 0.978 bits per heavy atom. The van der Waals surface area contributed by atoms with Crippen LogP contribution in [-0.2, 0) is 21.9 Å². The van der Waals surface area contributed by atoms with Gasteiger partial charge in [-0.3, -0.25) is 14.5 Å². The third-order valence-electron chi connectivity index (χ3n) is 7.29. The molecule has 0 spiro atoms. The number of nitrogens with zero attached hydrogens (tertiary/aromatic N) is 3. The first-order valence-corrected chi connectivity index (χ1v) is 16.8. The van der Waals surface area contributed by atoms with Crippen molar-refractivity contribution in [2.75, 3.05) is 4.90 Å². The van der Waals surface area contributed by atoms with Crippen molar-refractivity contribution >= 4 is 73.2 Å². The molecule has 1 atom stereocenters. The maximum atomic E-state index is 13.6. The van der Waals surface area contributed by atoms with Gasteiger partial charge in [-0.1, -0.05) is 99.2 Å². The average molecular weight is 719 g/mol. The van der Waals surface area contributed by atoms with Crippen LogP contribution in [0.5, 0.6) is 5.75 Å².